The lowest BCUT2D eigenvalue weighted by atomic mass is 10.1. The maximum Gasteiger partial charge on any atom is 0.257 e. The quantitative estimate of drug-likeness (QED) is 0.866. The Morgan fingerprint density at radius 2 is 1.92 bits per heavy atom. The zero-order chi connectivity index (χ0) is 18.0. The molecule has 1 aliphatic heterocycles. The topological polar surface area (TPSA) is 91.5 Å². The van der Waals surface area contributed by atoms with E-state index in [1.54, 1.807) is 29.2 Å². The summed E-state index contributed by atoms with van der Waals surface area (Å²) in [7, 11) is 0. The van der Waals surface area contributed by atoms with Crippen LogP contribution in [0.25, 0.3) is 10.9 Å². The molecule has 132 valence electrons. The van der Waals surface area contributed by atoms with Crippen molar-refractivity contribution >= 4 is 22.7 Å². The van der Waals surface area contributed by atoms with Crippen LogP contribution in [0.3, 0.4) is 0 Å². The maximum absolute atomic E-state index is 12.4. The number of aromatic nitrogens is 1. The molecular formula is C18H21N3O4. The Balaban J connectivity index is 1.68. The Morgan fingerprint density at radius 1 is 1.24 bits per heavy atom. The molecule has 0 aliphatic carbocycles. The lowest BCUT2D eigenvalue weighted by Gasteiger charge is -2.35. The highest BCUT2D eigenvalue weighted by atomic mass is 16.5. The number of nitrogens with zero attached hydrogens (tertiary/aromatic N) is 1. The van der Waals surface area contributed by atoms with Crippen molar-refractivity contribution in [1.29, 1.82) is 0 Å². The third-order valence-electron chi connectivity index (χ3n) is 4.21. The minimum absolute atomic E-state index is 0.00443. The first-order valence-corrected chi connectivity index (χ1v) is 8.27. The third kappa shape index (κ3) is 3.71. The van der Waals surface area contributed by atoms with Crippen molar-refractivity contribution in [2.75, 3.05) is 19.6 Å². The lowest BCUT2D eigenvalue weighted by molar-refractivity contribution is -0.142. The minimum Gasteiger partial charge on any atom is -0.372 e. The molecule has 0 bridgehead atoms. The van der Waals surface area contributed by atoms with E-state index in [-0.39, 0.29) is 35.7 Å². The second-order valence-corrected chi connectivity index (χ2v) is 6.32. The summed E-state index contributed by atoms with van der Waals surface area (Å²) in [6, 6.07) is 6.97. The molecule has 0 radical (unpaired) electrons. The maximum atomic E-state index is 12.4. The van der Waals surface area contributed by atoms with E-state index in [0.717, 1.165) is 0 Å². The molecule has 1 aromatic heterocycles. The third-order valence-corrected chi connectivity index (χ3v) is 4.21. The number of carbonyl (C=O) groups is 2. The van der Waals surface area contributed by atoms with Gasteiger partial charge in [0, 0.05) is 30.2 Å². The molecule has 2 atom stereocenters. The van der Waals surface area contributed by atoms with Gasteiger partial charge in [-0.05, 0) is 26.0 Å². The van der Waals surface area contributed by atoms with E-state index < -0.39 is 5.91 Å². The number of para-hydroxylation sites is 1. The highest BCUT2D eigenvalue weighted by molar-refractivity contribution is 5.98. The summed E-state index contributed by atoms with van der Waals surface area (Å²) < 4.78 is 5.59. The lowest BCUT2D eigenvalue weighted by Crippen LogP contribution is -2.51. The Bertz CT molecular complexity index is 851. The Kier molecular flexibility index (Phi) is 4.85. The first kappa shape index (κ1) is 17.2. The molecular weight excluding hydrogens is 322 g/mol. The van der Waals surface area contributed by atoms with Gasteiger partial charge in [-0.1, -0.05) is 12.1 Å². The highest BCUT2D eigenvalue weighted by Gasteiger charge is 2.26. The predicted octanol–water partition coefficient (Wildman–Crippen LogP) is 0.894. The zero-order valence-corrected chi connectivity index (χ0v) is 14.2. The number of hydrogen-bond acceptors (Lipinski definition) is 4. The fourth-order valence-corrected chi connectivity index (χ4v) is 3.08. The molecule has 0 saturated carbocycles. The van der Waals surface area contributed by atoms with Gasteiger partial charge in [0.15, 0.2) is 0 Å². The number of amides is 2. The zero-order valence-electron chi connectivity index (χ0n) is 14.2. The van der Waals surface area contributed by atoms with Gasteiger partial charge in [-0.25, -0.2) is 0 Å². The number of carbonyl (C=O) groups excluding carboxylic acids is 2. The van der Waals surface area contributed by atoms with Crippen molar-refractivity contribution in [3.05, 3.63) is 46.2 Å². The van der Waals surface area contributed by atoms with Gasteiger partial charge < -0.3 is 19.9 Å². The molecule has 7 nitrogen and oxygen atoms in total. The molecule has 25 heavy (non-hydrogen) atoms. The van der Waals surface area contributed by atoms with Crippen LogP contribution < -0.4 is 10.7 Å². The van der Waals surface area contributed by atoms with Crippen LogP contribution in [0.2, 0.25) is 0 Å². The number of fused-ring (bicyclic) bond motifs is 1. The number of hydrogen-bond donors (Lipinski definition) is 2. The number of aromatic amines is 1. The van der Waals surface area contributed by atoms with Gasteiger partial charge in [0.25, 0.3) is 5.91 Å². The van der Waals surface area contributed by atoms with Crippen LogP contribution in [0.1, 0.15) is 24.2 Å². The summed E-state index contributed by atoms with van der Waals surface area (Å²) in [5.41, 5.74) is 0.305. The molecule has 2 N–H and O–H groups in total. The van der Waals surface area contributed by atoms with Gasteiger partial charge >= 0.3 is 0 Å². The molecule has 1 fully saturated rings. The van der Waals surface area contributed by atoms with E-state index in [1.807, 2.05) is 13.8 Å². The molecule has 2 heterocycles. The van der Waals surface area contributed by atoms with Crippen LogP contribution in [-0.4, -0.2) is 53.5 Å². The Hall–Kier alpha value is -2.67. The molecule has 2 aromatic rings. The number of benzene rings is 1. The van der Waals surface area contributed by atoms with Crippen molar-refractivity contribution in [2.45, 2.75) is 26.1 Å². The number of ether oxygens (including phenoxy) is 1. The fraction of sp³-hybridized carbons (Fsp3) is 0.389. The SMILES string of the molecule is C[C@H]1CN(C(=O)CNC(=O)c2c[nH]c3ccccc3c2=O)C[C@H](C)O1. The van der Waals surface area contributed by atoms with Crippen LogP contribution in [-0.2, 0) is 9.53 Å². The van der Waals surface area contributed by atoms with Crippen LogP contribution in [0.5, 0.6) is 0 Å². The van der Waals surface area contributed by atoms with E-state index in [0.29, 0.717) is 24.0 Å². The number of rotatable bonds is 3. The van der Waals surface area contributed by atoms with Crippen LogP contribution in [0, 0.1) is 0 Å². The average Bonchev–Trinajstić information content (AvgIpc) is 2.59. The van der Waals surface area contributed by atoms with Gasteiger partial charge in [-0.2, -0.15) is 0 Å². The molecule has 0 spiro atoms. The summed E-state index contributed by atoms with van der Waals surface area (Å²) in [6.45, 7) is 4.65. The first-order chi connectivity index (χ1) is 12.0. The van der Waals surface area contributed by atoms with E-state index in [1.165, 1.54) is 6.20 Å². The van der Waals surface area contributed by atoms with Crippen molar-refractivity contribution in [1.82, 2.24) is 15.2 Å². The normalized spacial score (nSPS) is 20.5. The summed E-state index contributed by atoms with van der Waals surface area (Å²) in [4.78, 5) is 41.6. The molecule has 7 heteroatoms. The van der Waals surface area contributed by atoms with Crippen LogP contribution >= 0.6 is 0 Å². The van der Waals surface area contributed by atoms with Crippen LogP contribution in [0.4, 0.5) is 0 Å². The van der Waals surface area contributed by atoms with E-state index in [4.69, 9.17) is 4.74 Å². The summed E-state index contributed by atoms with van der Waals surface area (Å²) >= 11 is 0. The second kappa shape index (κ2) is 7.06. The number of nitrogens with one attached hydrogen (secondary N) is 2. The van der Waals surface area contributed by atoms with Gasteiger partial charge in [-0.15, -0.1) is 0 Å². The average molecular weight is 343 g/mol. The number of H-pyrrole nitrogens is 1. The Morgan fingerprint density at radius 3 is 2.64 bits per heavy atom. The highest BCUT2D eigenvalue weighted by Crippen LogP contribution is 2.10. The Labute approximate surface area is 145 Å². The standard InChI is InChI=1S/C18H21N3O4/c1-11-9-21(10-12(2)25-11)16(22)8-20-18(24)14-7-19-15-6-4-3-5-13(15)17(14)23/h3-7,11-12H,8-10H2,1-2H3,(H,19,23)(H,20,24)/t11-,12-/m0/s1. The van der Waals surface area contributed by atoms with Gasteiger partial charge in [0.05, 0.1) is 18.8 Å². The molecule has 3 rings (SSSR count). The number of pyridine rings is 1. The molecule has 1 saturated heterocycles. The van der Waals surface area contributed by atoms with Crippen molar-refractivity contribution in [2.24, 2.45) is 0 Å². The van der Waals surface area contributed by atoms with Gasteiger partial charge in [0.1, 0.15) is 5.56 Å². The van der Waals surface area contributed by atoms with Crippen molar-refractivity contribution < 1.29 is 14.3 Å². The summed E-state index contributed by atoms with van der Waals surface area (Å²) in [6.07, 6.45) is 1.31. The summed E-state index contributed by atoms with van der Waals surface area (Å²) in [5, 5.41) is 2.98. The predicted molar refractivity (Wildman–Crippen MR) is 93.5 cm³/mol. The smallest absolute Gasteiger partial charge is 0.257 e. The van der Waals surface area contributed by atoms with E-state index in [9.17, 15) is 14.4 Å². The van der Waals surface area contributed by atoms with Crippen molar-refractivity contribution in [3.63, 3.8) is 0 Å². The van der Waals surface area contributed by atoms with Gasteiger partial charge in [-0.3, -0.25) is 14.4 Å². The molecule has 2 amide bonds. The largest absolute Gasteiger partial charge is 0.372 e. The van der Waals surface area contributed by atoms with E-state index >= 15 is 0 Å². The van der Waals surface area contributed by atoms with E-state index in [2.05, 4.69) is 10.3 Å². The van der Waals surface area contributed by atoms with Gasteiger partial charge in [0.2, 0.25) is 11.3 Å². The summed E-state index contributed by atoms with van der Waals surface area (Å²) in [5.74, 6) is -0.748. The first-order valence-electron chi connectivity index (χ1n) is 8.27. The molecule has 1 aromatic carbocycles. The van der Waals surface area contributed by atoms with Crippen molar-refractivity contribution in [3.8, 4) is 0 Å². The second-order valence-electron chi connectivity index (χ2n) is 6.32. The van der Waals surface area contributed by atoms with Crippen LogP contribution in [0.15, 0.2) is 35.3 Å². The minimum atomic E-state index is -0.560. The fourth-order valence-electron chi connectivity index (χ4n) is 3.08. The monoisotopic (exact) mass is 343 g/mol. The number of morpholine rings is 1. The molecule has 1 aliphatic rings. The molecule has 0 unspecified atom stereocenters.